The van der Waals surface area contributed by atoms with Gasteiger partial charge in [0.05, 0.1) is 6.20 Å². The van der Waals surface area contributed by atoms with E-state index in [2.05, 4.69) is 12.0 Å². The van der Waals surface area contributed by atoms with Crippen molar-refractivity contribution < 1.29 is 4.74 Å². The van der Waals surface area contributed by atoms with E-state index in [4.69, 9.17) is 16.3 Å². The van der Waals surface area contributed by atoms with Crippen LogP contribution in [0.5, 0.6) is 5.75 Å². The molecule has 2 aromatic rings. The molecule has 0 bridgehead atoms. The third kappa shape index (κ3) is 5.10. The molecule has 1 aromatic carbocycles. The summed E-state index contributed by atoms with van der Waals surface area (Å²) in [6.45, 7) is 5.14. The number of hydrogen-bond donors (Lipinski definition) is 0. The Morgan fingerprint density at radius 2 is 1.91 bits per heavy atom. The van der Waals surface area contributed by atoms with Crippen LogP contribution in [-0.4, -0.2) is 9.78 Å². The van der Waals surface area contributed by atoms with Gasteiger partial charge in [0.1, 0.15) is 6.61 Å². The van der Waals surface area contributed by atoms with Gasteiger partial charge in [-0.15, -0.1) is 0 Å². The Morgan fingerprint density at radius 3 is 2.61 bits per heavy atom. The second-order valence-electron chi connectivity index (χ2n) is 5.69. The number of unbranched alkanes of at least 4 members (excludes halogenated alkanes) is 3. The van der Waals surface area contributed by atoms with Crippen molar-refractivity contribution in [3.05, 3.63) is 57.0 Å². The lowest BCUT2D eigenvalue weighted by atomic mass is 10.2. The third-order valence-corrected chi connectivity index (χ3v) is 4.04. The minimum absolute atomic E-state index is 0.0996. The quantitative estimate of drug-likeness (QED) is 0.673. The Kier molecular flexibility index (Phi) is 6.66. The van der Waals surface area contributed by atoms with Crippen LogP contribution in [0.15, 0.2) is 35.3 Å². The van der Waals surface area contributed by atoms with Crippen LogP contribution < -0.4 is 10.3 Å². The van der Waals surface area contributed by atoms with E-state index in [-0.39, 0.29) is 10.6 Å². The smallest absolute Gasteiger partial charge is 0.289 e. The molecule has 0 amide bonds. The van der Waals surface area contributed by atoms with Crippen molar-refractivity contribution in [1.82, 2.24) is 9.78 Å². The lowest BCUT2D eigenvalue weighted by molar-refractivity contribution is 0.302. The number of hydrogen-bond acceptors (Lipinski definition) is 3. The maximum absolute atomic E-state index is 12.2. The maximum atomic E-state index is 12.2. The van der Waals surface area contributed by atoms with Crippen LogP contribution in [0.1, 0.15) is 43.7 Å². The molecule has 0 fully saturated rings. The number of halogens is 1. The summed E-state index contributed by atoms with van der Waals surface area (Å²) in [7, 11) is 0. The molecule has 0 radical (unpaired) electrons. The Morgan fingerprint density at radius 1 is 1.17 bits per heavy atom. The van der Waals surface area contributed by atoms with Gasteiger partial charge in [0.25, 0.3) is 5.56 Å². The molecule has 0 unspecified atom stereocenters. The second kappa shape index (κ2) is 8.73. The van der Waals surface area contributed by atoms with Crippen LogP contribution in [0.2, 0.25) is 5.02 Å². The highest BCUT2D eigenvalue weighted by Gasteiger charge is 2.10. The van der Waals surface area contributed by atoms with E-state index < -0.39 is 0 Å². The van der Waals surface area contributed by atoms with E-state index in [0.29, 0.717) is 18.9 Å². The Balaban J connectivity index is 1.99. The van der Waals surface area contributed by atoms with E-state index in [1.807, 2.05) is 31.2 Å². The summed E-state index contributed by atoms with van der Waals surface area (Å²) in [6, 6.07) is 8.02. The van der Waals surface area contributed by atoms with Gasteiger partial charge in [-0.1, -0.05) is 67.6 Å². The molecule has 0 saturated carbocycles. The van der Waals surface area contributed by atoms with E-state index >= 15 is 0 Å². The minimum atomic E-state index is -0.287. The third-order valence-electron chi connectivity index (χ3n) is 3.69. The lowest BCUT2D eigenvalue weighted by Gasteiger charge is -2.10. The molecule has 0 aliphatic carbocycles. The molecule has 2 rings (SSSR count). The fourth-order valence-electron chi connectivity index (χ4n) is 2.24. The molecule has 1 aromatic heterocycles. The fraction of sp³-hybridized carbons (Fsp3) is 0.444. The largest absolute Gasteiger partial charge is 0.485 e. The van der Waals surface area contributed by atoms with E-state index in [0.717, 1.165) is 24.8 Å². The Labute approximate surface area is 142 Å². The predicted octanol–water partition coefficient (Wildman–Crippen LogP) is 4.36. The van der Waals surface area contributed by atoms with E-state index in [9.17, 15) is 4.79 Å². The molecule has 1 heterocycles. The van der Waals surface area contributed by atoms with Crippen LogP contribution in [0, 0.1) is 6.92 Å². The van der Waals surface area contributed by atoms with Gasteiger partial charge in [-0.05, 0) is 18.9 Å². The highest BCUT2D eigenvalue weighted by Crippen LogP contribution is 2.20. The predicted molar refractivity (Wildman–Crippen MR) is 93.2 cm³/mol. The molecule has 0 N–H and O–H groups in total. The molecular weight excluding hydrogens is 312 g/mol. The molecule has 0 saturated heterocycles. The minimum Gasteiger partial charge on any atom is -0.485 e. The number of nitrogens with zero attached hydrogens (tertiary/aromatic N) is 2. The van der Waals surface area contributed by atoms with Crippen LogP contribution >= 0.6 is 11.6 Å². The maximum Gasteiger partial charge on any atom is 0.289 e. The van der Waals surface area contributed by atoms with Gasteiger partial charge in [0.2, 0.25) is 0 Å². The number of benzene rings is 1. The molecule has 0 atom stereocenters. The molecule has 124 valence electrons. The number of rotatable bonds is 8. The van der Waals surface area contributed by atoms with Gasteiger partial charge in [-0.3, -0.25) is 4.79 Å². The van der Waals surface area contributed by atoms with Crippen molar-refractivity contribution in [1.29, 1.82) is 0 Å². The van der Waals surface area contributed by atoms with Crippen LogP contribution in [0.25, 0.3) is 0 Å². The summed E-state index contributed by atoms with van der Waals surface area (Å²) in [4.78, 5) is 12.2. The molecule has 4 nitrogen and oxygen atoms in total. The summed E-state index contributed by atoms with van der Waals surface area (Å²) in [6.07, 6.45) is 5.88. The molecular formula is C18H23ClN2O2. The van der Waals surface area contributed by atoms with Gasteiger partial charge in [-0.25, -0.2) is 4.68 Å². The first-order valence-corrected chi connectivity index (χ1v) is 8.43. The standard InChI is InChI=1S/C18H23ClN2O2/c1-3-4-5-6-11-21-18(22)17(19)16(12-20-21)23-13-15-9-7-14(2)8-10-15/h7-10,12H,3-6,11,13H2,1-2H3. The first-order valence-electron chi connectivity index (χ1n) is 8.05. The highest BCUT2D eigenvalue weighted by atomic mass is 35.5. The molecule has 0 aliphatic heterocycles. The number of aryl methyl sites for hydroxylation is 2. The average Bonchev–Trinajstić information content (AvgIpc) is 2.56. The first-order chi connectivity index (χ1) is 11.1. The van der Waals surface area contributed by atoms with Gasteiger partial charge < -0.3 is 4.74 Å². The van der Waals surface area contributed by atoms with E-state index in [1.54, 1.807) is 0 Å². The topological polar surface area (TPSA) is 44.1 Å². The summed E-state index contributed by atoms with van der Waals surface area (Å²) >= 11 is 6.13. The molecule has 0 aliphatic rings. The number of aromatic nitrogens is 2. The summed E-state index contributed by atoms with van der Waals surface area (Å²) in [5.41, 5.74) is 1.93. The molecule has 5 heteroatoms. The zero-order valence-corrected chi connectivity index (χ0v) is 14.5. The fourth-order valence-corrected chi connectivity index (χ4v) is 2.44. The summed E-state index contributed by atoms with van der Waals surface area (Å²) in [5.74, 6) is 0.335. The van der Waals surface area contributed by atoms with Crippen molar-refractivity contribution in [2.24, 2.45) is 0 Å². The van der Waals surface area contributed by atoms with Crippen LogP contribution in [-0.2, 0) is 13.2 Å². The van der Waals surface area contributed by atoms with Crippen molar-refractivity contribution >= 4 is 11.6 Å². The molecule has 23 heavy (non-hydrogen) atoms. The Hall–Kier alpha value is -1.81. The van der Waals surface area contributed by atoms with E-state index in [1.165, 1.54) is 22.9 Å². The lowest BCUT2D eigenvalue weighted by Crippen LogP contribution is -2.23. The van der Waals surface area contributed by atoms with Gasteiger partial charge in [0, 0.05) is 6.54 Å². The zero-order valence-electron chi connectivity index (χ0n) is 13.7. The molecule has 0 spiro atoms. The van der Waals surface area contributed by atoms with Crippen molar-refractivity contribution in [2.45, 2.75) is 52.7 Å². The Bertz CT molecular complexity index is 680. The summed E-state index contributed by atoms with van der Waals surface area (Å²) < 4.78 is 7.05. The second-order valence-corrected chi connectivity index (χ2v) is 6.06. The monoisotopic (exact) mass is 334 g/mol. The van der Waals surface area contributed by atoms with Crippen molar-refractivity contribution in [2.75, 3.05) is 0 Å². The van der Waals surface area contributed by atoms with Gasteiger partial charge in [0.15, 0.2) is 10.8 Å². The average molecular weight is 335 g/mol. The van der Waals surface area contributed by atoms with Gasteiger partial charge in [-0.2, -0.15) is 5.10 Å². The van der Waals surface area contributed by atoms with Crippen molar-refractivity contribution in [3.63, 3.8) is 0 Å². The number of ether oxygens (including phenoxy) is 1. The van der Waals surface area contributed by atoms with Crippen LogP contribution in [0.4, 0.5) is 0 Å². The first kappa shape index (κ1) is 17.5. The van der Waals surface area contributed by atoms with Crippen LogP contribution in [0.3, 0.4) is 0 Å². The SMILES string of the molecule is CCCCCCn1ncc(OCc2ccc(C)cc2)c(Cl)c1=O. The normalized spacial score (nSPS) is 10.7. The highest BCUT2D eigenvalue weighted by molar-refractivity contribution is 6.31. The van der Waals surface area contributed by atoms with Crippen molar-refractivity contribution in [3.8, 4) is 5.75 Å². The van der Waals surface area contributed by atoms with Gasteiger partial charge >= 0.3 is 0 Å². The summed E-state index contributed by atoms with van der Waals surface area (Å²) in [5, 5.41) is 4.26. The zero-order chi connectivity index (χ0) is 16.7.